The van der Waals surface area contributed by atoms with Crippen molar-refractivity contribution in [2.45, 2.75) is 30.7 Å². The first-order valence-electron chi connectivity index (χ1n) is 10.4. The maximum Gasteiger partial charge on any atom is 0.251 e. The Bertz CT molecular complexity index is 917. The molecule has 2 heterocycles. The van der Waals surface area contributed by atoms with Crippen LogP contribution in [-0.4, -0.2) is 51.2 Å². The molecule has 30 heavy (non-hydrogen) atoms. The molecular formula is C23H29N3O4. The van der Waals surface area contributed by atoms with Crippen LogP contribution in [0.1, 0.15) is 35.2 Å². The molecule has 1 N–H and O–H groups in total. The number of aromatic nitrogens is 1. The van der Waals surface area contributed by atoms with E-state index in [2.05, 4.69) is 29.4 Å². The summed E-state index contributed by atoms with van der Waals surface area (Å²) in [6.45, 7) is 2.00. The zero-order chi connectivity index (χ0) is 21.3. The first kappa shape index (κ1) is 20.5. The van der Waals surface area contributed by atoms with E-state index in [0.29, 0.717) is 16.2 Å². The van der Waals surface area contributed by atoms with Gasteiger partial charge in [-0.15, -0.1) is 0 Å². The van der Waals surface area contributed by atoms with E-state index in [1.807, 2.05) is 6.07 Å². The largest absolute Gasteiger partial charge is 0.619 e. The van der Waals surface area contributed by atoms with Crippen molar-refractivity contribution in [3.63, 3.8) is 0 Å². The third-order valence-electron chi connectivity index (χ3n) is 6.73. The Morgan fingerprint density at radius 2 is 1.93 bits per heavy atom. The minimum absolute atomic E-state index is 0.0520. The highest BCUT2D eigenvalue weighted by Crippen LogP contribution is 2.49. The van der Waals surface area contributed by atoms with Crippen molar-refractivity contribution in [2.24, 2.45) is 5.92 Å². The van der Waals surface area contributed by atoms with Crippen LogP contribution in [0.4, 0.5) is 0 Å². The van der Waals surface area contributed by atoms with E-state index in [4.69, 9.17) is 9.47 Å². The van der Waals surface area contributed by atoms with Gasteiger partial charge >= 0.3 is 0 Å². The van der Waals surface area contributed by atoms with Crippen LogP contribution in [-0.2, 0) is 5.41 Å². The molecule has 1 aromatic carbocycles. The lowest BCUT2D eigenvalue weighted by atomic mass is 9.63. The van der Waals surface area contributed by atoms with Crippen molar-refractivity contribution >= 4 is 5.91 Å². The van der Waals surface area contributed by atoms with Gasteiger partial charge in [0.25, 0.3) is 5.91 Å². The van der Waals surface area contributed by atoms with Gasteiger partial charge in [0.1, 0.15) is 0 Å². The fourth-order valence-electron chi connectivity index (χ4n) is 5.28. The van der Waals surface area contributed by atoms with Gasteiger partial charge in [-0.1, -0.05) is 6.07 Å². The minimum Gasteiger partial charge on any atom is -0.619 e. The van der Waals surface area contributed by atoms with E-state index in [0.717, 1.165) is 43.9 Å². The number of rotatable bonds is 5. The van der Waals surface area contributed by atoms with Gasteiger partial charge in [0.05, 0.1) is 19.8 Å². The first-order valence-corrected chi connectivity index (χ1v) is 10.4. The second-order valence-electron chi connectivity index (χ2n) is 8.51. The van der Waals surface area contributed by atoms with Crippen LogP contribution < -0.4 is 19.5 Å². The van der Waals surface area contributed by atoms with Crippen LogP contribution in [0, 0.1) is 11.1 Å². The number of likely N-dealkylation sites (N-methyl/N-ethyl adjacent to an activating group) is 1. The normalized spacial score (nSPS) is 26.1. The summed E-state index contributed by atoms with van der Waals surface area (Å²) in [4.78, 5) is 15.0. The van der Waals surface area contributed by atoms with Gasteiger partial charge in [-0.05, 0) is 49.9 Å². The molecule has 160 valence electrons. The number of fused-ring (bicyclic) bond motifs is 1. The Kier molecular flexibility index (Phi) is 5.56. The SMILES string of the molecule is COc1ccc([C@@]23CC[C@@H](NC(=O)c4cc[n+]([O-])cc4)C[C@@H]2CN(C)C3)cc1OC. The summed E-state index contributed by atoms with van der Waals surface area (Å²) in [5.74, 6) is 1.82. The van der Waals surface area contributed by atoms with E-state index in [-0.39, 0.29) is 17.4 Å². The Hall–Kier alpha value is -2.80. The van der Waals surface area contributed by atoms with Gasteiger partial charge in [-0.3, -0.25) is 4.79 Å². The number of carbonyl (C=O) groups is 1. The molecule has 0 bridgehead atoms. The van der Waals surface area contributed by atoms with Crippen molar-refractivity contribution in [1.82, 2.24) is 10.2 Å². The summed E-state index contributed by atoms with van der Waals surface area (Å²) >= 11 is 0. The monoisotopic (exact) mass is 411 g/mol. The fourth-order valence-corrected chi connectivity index (χ4v) is 5.28. The van der Waals surface area contributed by atoms with Crippen LogP contribution >= 0.6 is 0 Å². The molecule has 4 rings (SSSR count). The van der Waals surface area contributed by atoms with Gasteiger partial charge in [-0.2, -0.15) is 4.73 Å². The summed E-state index contributed by atoms with van der Waals surface area (Å²) in [6, 6.07) is 9.51. The van der Waals surface area contributed by atoms with Crippen molar-refractivity contribution in [2.75, 3.05) is 34.4 Å². The Labute approximate surface area is 177 Å². The molecule has 0 unspecified atom stereocenters. The lowest BCUT2D eigenvalue weighted by Gasteiger charge is -2.42. The average molecular weight is 412 g/mol. The smallest absolute Gasteiger partial charge is 0.251 e. The highest BCUT2D eigenvalue weighted by Gasteiger charge is 2.50. The van der Waals surface area contributed by atoms with E-state index >= 15 is 0 Å². The van der Waals surface area contributed by atoms with Crippen LogP contribution in [0.2, 0.25) is 0 Å². The molecule has 1 amide bonds. The third-order valence-corrected chi connectivity index (χ3v) is 6.73. The number of nitrogens with zero attached hydrogens (tertiary/aromatic N) is 2. The van der Waals surface area contributed by atoms with Crippen molar-refractivity contribution < 1.29 is 19.0 Å². The fraction of sp³-hybridized carbons (Fsp3) is 0.478. The number of hydrogen-bond donors (Lipinski definition) is 1. The molecule has 7 heteroatoms. The zero-order valence-corrected chi connectivity index (χ0v) is 17.8. The molecule has 1 saturated carbocycles. The molecule has 2 aliphatic rings. The molecule has 1 aliphatic heterocycles. The standard InChI is InChI=1S/C23H29N3O4/c1-25-14-18-12-19(24-22(27)16-7-10-26(28)11-8-16)6-9-23(18,15-25)17-4-5-20(29-2)21(13-17)30-3/h4-5,7-8,10-11,13,18-19H,6,9,12,14-15H2,1-3H3,(H,24,27)/t18-,19-,23+/m1/s1. The molecule has 2 fully saturated rings. The second-order valence-corrected chi connectivity index (χ2v) is 8.51. The van der Waals surface area contributed by atoms with E-state index in [9.17, 15) is 10.0 Å². The number of nitrogens with one attached hydrogen (secondary N) is 1. The Morgan fingerprint density at radius 1 is 1.20 bits per heavy atom. The van der Waals surface area contributed by atoms with Gasteiger partial charge in [0, 0.05) is 36.7 Å². The number of methoxy groups -OCH3 is 2. The summed E-state index contributed by atoms with van der Waals surface area (Å²) in [5.41, 5.74) is 1.85. The zero-order valence-electron chi connectivity index (χ0n) is 17.8. The molecule has 1 saturated heterocycles. The van der Waals surface area contributed by atoms with Crippen LogP contribution in [0.3, 0.4) is 0 Å². The van der Waals surface area contributed by atoms with Crippen molar-refractivity contribution in [3.8, 4) is 11.5 Å². The molecule has 0 radical (unpaired) electrons. The Morgan fingerprint density at radius 3 is 2.63 bits per heavy atom. The number of ether oxygens (including phenoxy) is 2. The predicted molar refractivity (Wildman–Crippen MR) is 113 cm³/mol. The third kappa shape index (κ3) is 3.69. The topological polar surface area (TPSA) is 77.7 Å². The second kappa shape index (κ2) is 8.14. The molecule has 7 nitrogen and oxygen atoms in total. The van der Waals surface area contributed by atoms with Crippen molar-refractivity contribution in [3.05, 3.63) is 59.1 Å². The maximum absolute atomic E-state index is 12.6. The number of amides is 1. The van der Waals surface area contributed by atoms with Crippen LogP contribution in [0.5, 0.6) is 11.5 Å². The van der Waals surface area contributed by atoms with Crippen LogP contribution in [0.15, 0.2) is 42.7 Å². The Balaban J connectivity index is 1.53. The summed E-state index contributed by atoms with van der Waals surface area (Å²) in [6.07, 6.45) is 5.54. The minimum atomic E-state index is -0.120. The molecule has 0 spiro atoms. The number of hydrogen-bond acceptors (Lipinski definition) is 5. The van der Waals surface area contributed by atoms with E-state index < -0.39 is 0 Å². The quantitative estimate of drug-likeness (QED) is 0.602. The van der Waals surface area contributed by atoms with E-state index in [1.54, 1.807) is 26.4 Å². The van der Waals surface area contributed by atoms with E-state index in [1.165, 1.54) is 18.0 Å². The molecular weight excluding hydrogens is 382 g/mol. The first-order chi connectivity index (χ1) is 14.4. The predicted octanol–water partition coefficient (Wildman–Crippen LogP) is 2.12. The summed E-state index contributed by atoms with van der Waals surface area (Å²) in [5, 5.41) is 14.4. The maximum atomic E-state index is 12.6. The lowest BCUT2D eigenvalue weighted by Crippen LogP contribution is -2.47. The average Bonchev–Trinajstić information content (AvgIpc) is 3.09. The molecule has 2 aromatic rings. The number of likely N-dealkylation sites (tertiary alicyclic amines) is 1. The van der Waals surface area contributed by atoms with Gasteiger partial charge in [0.15, 0.2) is 23.9 Å². The highest BCUT2D eigenvalue weighted by atomic mass is 16.5. The lowest BCUT2D eigenvalue weighted by molar-refractivity contribution is -0.605. The van der Waals surface area contributed by atoms with Crippen molar-refractivity contribution in [1.29, 1.82) is 0 Å². The molecule has 3 atom stereocenters. The number of benzene rings is 1. The molecule has 1 aliphatic carbocycles. The molecule has 1 aromatic heterocycles. The number of carbonyl (C=O) groups excluding carboxylic acids is 1. The van der Waals surface area contributed by atoms with Crippen LogP contribution in [0.25, 0.3) is 0 Å². The van der Waals surface area contributed by atoms with Gasteiger partial charge < -0.3 is 24.9 Å². The number of pyridine rings is 1. The summed E-state index contributed by atoms with van der Waals surface area (Å²) < 4.78 is 11.7. The highest BCUT2D eigenvalue weighted by molar-refractivity contribution is 5.94. The summed E-state index contributed by atoms with van der Waals surface area (Å²) in [7, 11) is 5.48. The van der Waals surface area contributed by atoms with Gasteiger partial charge in [-0.25, -0.2) is 0 Å². The van der Waals surface area contributed by atoms with Gasteiger partial charge in [0.2, 0.25) is 0 Å².